The van der Waals surface area contributed by atoms with Gasteiger partial charge in [-0.3, -0.25) is 14.5 Å². The Balaban J connectivity index is 1.46. The molecule has 0 aromatic heterocycles. The first-order valence-corrected chi connectivity index (χ1v) is 11.5. The molecule has 0 radical (unpaired) electrons. The molecule has 0 aromatic rings. The van der Waals surface area contributed by atoms with Gasteiger partial charge in [0.2, 0.25) is 11.8 Å². The van der Waals surface area contributed by atoms with Crippen molar-refractivity contribution in [3.8, 4) is 0 Å². The summed E-state index contributed by atoms with van der Waals surface area (Å²) in [4.78, 5) is 30.0. The van der Waals surface area contributed by atoms with Crippen LogP contribution >= 0.6 is 0 Å². The molecule has 4 heterocycles. The summed E-state index contributed by atoms with van der Waals surface area (Å²) >= 11 is 0. The Morgan fingerprint density at radius 1 is 1.10 bits per heavy atom. The summed E-state index contributed by atoms with van der Waals surface area (Å²) in [7, 11) is 0. The number of fused-ring (bicyclic) bond motifs is 1. The molecule has 0 spiro atoms. The fourth-order valence-electron chi connectivity index (χ4n) is 5.87. The molecule has 4 aliphatic heterocycles. The van der Waals surface area contributed by atoms with E-state index in [0.717, 1.165) is 58.5 Å². The highest BCUT2D eigenvalue weighted by Crippen LogP contribution is 2.43. The van der Waals surface area contributed by atoms with Crippen molar-refractivity contribution in [1.29, 1.82) is 0 Å². The number of hydrogen-bond acceptors (Lipinski definition) is 5. The molecule has 1 N–H and O–H groups in total. The van der Waals surface area contributed by atoms with Crippen LogP contribution in [0.25, 0.3) is 0 Å². The predicted octanol–water partition coefficient (Wildman–Crippen LogP) is 1.41. The molecular formula is C22H37N3O4. The van der Waals surface area contributed by atoms with Gasteiger partial charge in [0.25, 0.3) is 0 Å². The molecule has 4 saturated heterocycles. The molecule has 0 saturated carbocycles. The quantitative estimate of drug-likeness (QED) is 0.721. The monoisotopic (exact) mass is 407 g/mol. The molecule has 0 aromatic carbocycles. The summed E-state index contributed by atoms with van der Waals surface area (Å²) in [5, 5.41) is 3.00. The van der Waals surface area contributed by atoms with E-state index in [0.29, 0.717) is 31.5 Å². The number of hydrogen-bond donors (Lipinski definition) is 1. The third-order valence-corrected chi connectivity index (χ3v) is 7.16. The Labute approximate surface area is 174 Å². The minimum absolute atomic E-state index is 0.0554. The zero-order valence-corrected chi connectivity index (χ0v) is 18.0. The fraction of sp³-hybridized carbons (Fsp3) is 0.909. The van der Waals surface area contributed by atoms with E-state index < -0.39 is 0 Å². The second kappa shape index (κ2) is 9.31. The van der Waals surface area contributed by atoms with E-state index in [-0.39, 0.29) is 35.8 Å². The maximum Gasteiger partial charge on any atom is 0.222 e. The lowest BCUT2D eigenvalue weighted by atomic mass is 9.84. The van der Waals surface area contributed by atoms with Crippen molar-refractivity contribution in [2.75, 3.05) is 39.5 Å². The van der Waals surface area contributed by atoms with Gasteiger partial charge in [-0.1, -0.05) is 0 Å². The van der Waals surface area contributed by atoms with Crippen molar-refractivity contribution < 1.29 is 19.1 Å². The van der Waals surface area contributed by atoms with Crippen LogP contribution in [-0.4, -0.2) is 85.3 Å². The van der Waals surface area contributed by atoms with E-state index >= 15 is 0 Å². The van der Waals surface area contributed by atoms with Crippen LogP contribution in [-0.2, 0) is 19.1 Å². The third-order valence-electron chi connectivity index (χ3n) is 7.16. The van der Waals surface area contributed by atoms with Crippen molar-refractivity contribution in [3.63, 3.8) is 0 Å². The number of nitrogens with zero attached hydrogens (tertiary/aromatic N) is 2. The number of amides is 2. The van der Waals surface area contributed by atoms with Gasteiger partial charge in [-0.05, 0) is 45.4 Å². The van der Waals surface area contributed by atoms with Crippen LogP contribution in [0.4, 0.5) is 0 Å². The number of likely N-dealkylation sites (tertiary alicyclic amines) is 2. The molecule has 2 amide bonds. The number of carbonyl (C=O) groups is 2. The Morgan fingerprint density at radius 3 is 2.52 bits per heavy atom. The molecule has 4 fully saturated rings. The van der Waals surface area contributed by atoms with Gasteiger partial charge >= 0.3 is 0 Å². The van der Waals surface area contributed by atoms with Gasteiger partial charge in [0.15, 0.2) is 0 Å². The normalized spacial score (nSPS) is 33.4. The van der Waals surface area contributed by atoms with Gasteiger partial charge < -0.3 is 19.7 Å². The minimum Gasteiger partial charge on any atom is -0.381 e. The second-order valence-electron chi connectivity index (χ2n) is 9.54. The number of ether oxygens (including phenoxy) is 2. The van der Waals surface area contributed by atoms with Crippen molar-refractivity contribution in [3.05, 3.63) is 0 Å². The van der Waals surface area contributed by atoms with Crippen LogP contribution in [0, 0.1) is 11.8 Å². The highest BCUT2D eigenvalue weighted by atomic mass is 16.5. The predicted molar refractivity (Wildman–Crippen MR) is 109 cm³/mol. The first-order valence-electron chi connectivity index (χ1n) is 11.5. The van der Waals surface area contributed by atoms with Gasteiger partial charge in [-0.2, -0.15) is 0 Å². The first kappa shape index (κ1) is 21.1. The molecule has 0 unspecified atom stereocenters. The van der Waals surface area contributed by atoms with Gasteiger partial charge in [0.1, 0.15) is 0 Å². The van der Waals surface area contributed by atoms with E-state index in [2.05, 4.69) is 10.2 Å². The van der Waals surface area contributed by atoms with E-state index in [9.17, 15) is 9.59 Å². The van der Waals surface area contributed by atoms with Gasteiger partial charge in [-0.25, -0.2) is 0 Å². The smallest absolute Gasteiger partial charge is 0.222 e. The van der Waals surface area contributed by atoms with E-state index in [1.807, 2.05) is 18.7 Å². The zero-order chi connectivity index (χ0) is 20.4. The summed E-state index contributed by atoms with van der Waals surface area (Å²) in [6, 6.07) is 0.968. The largest absolute Gasteiger partial charge is 0.381 e. The van der Waals surface area contributed by atoms with Crippen molar-refractivity contribution >= 4 is 11.8 Å². The number of rotatable bonds is 6. The molecule has 4 rings (SSSR count). The van der Waals surface area contributed by atoms with Crippen molar-refractivity contribution in [2.45, 2.75) is 76.6 Å². The SMILES string of the molecule is CC(C)NC(=O)C[C@@H]1OC[C@@H]2[C@H]1[C@H](CC(=O)N1CCCC1)CN2C1CCOCC1. The minimum atomic E-state index is -0.0834. The second-order valence-corrected chi connectivity index (χ2v) is 9.54. The summed E-state index contributed by atoms with van der Waals surface area (Å²) in [5.74, 6) is 0.884. The molecule has 7 heteroatoms. The van der Waals surface area contributed by atoms with E-state index in [1.54, 1.807) is 0 Å². The fourth-order valence-corrected chi connectivity index (χ4v) is 5.87. The lowest BCUT2D eigenvalue weighted by Gasteiger charge is -2.34. The summed E-state index contributed by atoms with van der Waals surface area (Å²) < 4.78 is 11.7. The summed E-state index contributed by atoms with van der Waals surface area (Å²) in [5.41, 5.74) is 0. The van der Waals surface area contributed by atoms with Crippen LogP contribution in [0.3, 0.4) is 0 Å². The Bertz CT molecular complexity index is 587. The average molecular weight is 408 g/mol. The van der Waals surface area contributed by atoms with Crippen molar-refractivity contribution in [1.82, 2.24) is 15.1 Å². The Morgan fingerprint density at radius 2 is 1.83 bits per heavy atom. The molecule has 29 heavy (non-hydrogen) atoms. The summed E-state index contributed by atoms with van der Waals surface area (Å²) in [6.45, 7) is 9.03. The highest BCUT2D eigenvalue weighted by Gasteiger charge is 2.53. The lowest BCUT2D eigenvalue weighted by Crippen LogP contribution is -2.44. The number of carbonyl (C=O) groups excluding carboxylic acids is 2. The van der Waals surface area contributed by atoms with Gasteiger partial charge in [-0.15, -0.1) is 0 Å². The molecule has 0 bridgehead atoms. The van der Waals surface area contributed by atoms with Crippen LogP contribution in [0.2, 0.25) is 0 Å². The van der Waals surface area contributed by atoms with Crippen LogP contribution in [0.1, 0.15) is 52.4 Å². The average Bonchev–Trinajstić information content (AvgIpc) is 3.41. The van der Waals surface area contributed by atoms with E-state index in [4.69, 9.17) is 9.47 Å². The summed E-state index contributed by atoms with van der Waals surface area (Å²) in [6.07, 6.45) is 5.25. The molecular weight excluding hydrogens is 370 g/mol. The Kier molecular flexibility index (Phi) is 6.76. The van der Waals surface area contributed by atoms with Crippen LogP contribution < -0.4 is 5.32 Å². The van der Waals surface area contributed by atoms with Gasteiger partial charge in [0.05, 0.1) is 19.1 Å². The molecule has 4 aliphatic rings. The number of nitrogens with one attached hydrogen (secondary N) is 1. The molecule has 164 valence electrons. The molecule has 7 nitrogen and oxygen atoms in total. The Hall–Kier alpha value is -1.18. The maximum atomic E-state index is 12.9. The molecule has 0 aliphatic carbocycles. The zero-order valence-electron chi connectivity index (χ0n) is 18.0. The van der Waals surface area contributed by atoms with Gasteiger partial charge in [0, 0.05) is 63.3 Å². The topological polar surface area (TPSA) is 71.1 Å². The first-order chi connectivity index (χ1) is 14.0. The van der Waals surface area contributed by atoms with Crippen LogP contribution in [0.5, 0.6) is 0 Å². The maximum absolute atomic E-state index is 12.9. The highest BCUT2D eigenvalue weighted by molar-refractivity contribution is 5.77. The standard InChI is InChI=1S/C22H37N3O4/c1-15(2)23-20(26)12-19-22-16(11-21(27)24-7-3-4-8-24)13-25(18(22)14-29-19)17-5-9-28-10-6-17/h15-19,22H,3-14H2,1-2H3,(H,23,26)/t16-,18-,19+,22-/m1/s1. The third kappa shape index (κ3) is 4.78. The van der Waals surface area contributed by atoms with Crippen LogP contribution in [0.15, 0.2) is 0 Å². The van der Waals surface area contributed by atoms with Crippen molar-refractivity contribution in [2.24, 2.45) is 11.8 Å². The lowest BCUT2D eigenvalue weighted by molar-refractivity contribution is -0.131. The van der Waals surface area contributed by atoms with E-state index in [1.165, 1.54) is 0 Å². The molecule has 4 atom stereocenters.